The largest absolute Gasteiger partial charge is 0.282 e. The van der Waals surface area contributed by atoms with Crippen LogP contribution < -0.4 is 5.56 Å². The van der Waals surface area contributed by atoms with Gasteiger partial charge in [-0.15, -0.1) is 0 Å². The monoisotopic (exact) mass is 197 g/mol. The maximum atomic E-state index is 13.3. The molecule has 0 spiro atoms. The van der Waals surface area contributed by atoms with Crippen LogP contribution >= 0.6 is 0 Å². The van der Waals surface area contributed by atoms with Crippen molar-refractivity contribution < 1.29 is 4.39 Å². The van der Waals surface area contributed by atoms with Crippen LogP contribution in [0.25, 0.3) is 0 Å². The van der Waals surface area contributed by atoms with Crippen molar-refractivity contribution in [3.63, 3.8) is 0 Å². The second kappa shape index (κ2) is 3.95. The van der Waals surface area contributed by atoms with Crippen molar-refractivity contribution in [3.05, 3.63) is 34.0 Å². The number of pyridine rings is 1. The van der Waals surface area contributed by atoms with Gasteiger partial charge in [0, 0.05) is 11.6 Å². The highest BCUT2D eigenvalue weighted by Crippen LogP contribution is 2.12. The van der Waals surface area contributed by atoms with Gasteiger partial charge in [0.2, 0.25) is 0 Å². The molecule has 1 aromatic rings. The molecule has 0 aliphatic rings. The first kappa shape index (κ1) is 11.0. The van der Waals surface area contributed by atoms with E-state index in [1.165, 1.54) is 10.6 Å². The summed E-state index contributed by atoms with van der Waals surface area (Å²) in [5.74, 6) is -0.331. The summed E-state index contributed by atoms with van der Waals surface area (Å²) in [5, 5.41) is 0. The van der Waals surface area contributed by atoms with Crippen LogP contribution in [0.2, 0.25) is 0 Å². The second-order valence-corrected chi connectivity index (χ2v) is 4.04. The van der Waals surface area contributed by atoms with Gasteiger partial charge in [0.25, 0.3) is 5.56 Å². The highest BCUT2D eigenvalue weighted by atomic mass is 19.1. The third-order valence-electron chi connectivity index (χ3n) is 2.23. The van der Waals surface area contributed by atoms with Crippen molar-refractivity contribution in [3.8, 4) is 0 Å². The second-order valence-electron chi connectivity index (χ2n) is 4.04. The maximum absolute atomic E-state index is 13.3. The Kier molecular flexibility index (Phi) is 3.09. The smallest absolute Gasteiger partial charge is 0.256 e. The summed E-state index contributed by atoms with van der Waals surface area (Å²) in [6, 6.07) is 2.79. The van der Waals surface area contributed by atoms with E-state index in [-0.39, 0.29) is 17.5 Å². The molecule has 0 aliphatic carbocycles. The van der Waals surface area contributed by atoms with E-state index in [0.717, 1.165) is 0 Å². The first-order chi connectivity index (χ1) is 6.45. The highest BCUT2D eigenvalue weighted by molar-refractivity contribution is 5.15. The summed E-state index contributed by atoms with van der Waals surface area (Å²) in [4.78, 5) is 11.8. The fourth-order valence-electron chi connectivity index (χ4n) is 1.47. The Labute approximate surface area is 83.4 Å². The molecule has 78 valence electrons. The molecule has 2 nitrogen and oxygen atoms in total. The summed E-state index contributed by atoms with van der Waals surface area (Å²) in [7, 11) is 0. The van der Waals surface area contributed by atoms with Crippen LogP contribution in [0.1, 0.15) is 45.2 Å². The first-order valence-electron chi connectivity index (χ1n) is 4.86. The highest BCUT2D eigenvalue weighted by Gasteiger charge is 2.12. The lowest BCUT2D eigenvalue weighted by Crippen LogP contribution is -2.28. The lowest BCUT2D eigenvalue weighted by molar-refractivity contribution is 0.432. The fraction of sp³-hybridized carbons (Fsp3) is 0.545. The number of hydrogen-bond donors (Lipinski definition) is 0. The molecule has 0 aromatic carbocycles. The summed E-state index contributed by atoms with van der Waals surface area (Å²) in [5.41, 5.74) is 0.454. The molecular formula is C11H16FNO. The summed E-state index contributed by atoms with van der Waals surface area (Å²) in [6.45, 7) is 7.46. The lowest BCUT2D eigenvalue weighted by Gasteiger charge is -2.14. The molecule has 0 fully saturated rings. The minimum Gasteiger partial charge on any atom is -0.282 e. The molecule has 0 amide bonds. The summed E-state index contributed by atoms with van der Waals surface area (Å²) in [6.07, 6.45) is 0. The van der Waals surface area contributed by atoms with E-state index in [0.29, 0.717) is 5.56 Å². The summed E-state index contributed by atoms with van der Waals surface area (Å²) >= 11 is 0. The molecule has 0 saturated heterocycles. The van der Waals surface area contributed by atoms with Gasteiger partial charge in [-0.2, -0.15) is 4.39 Å². The van der Waals surface area contributed by atoms with E-state index in [4.69, 9.17) is 0 Å². The molecule has 3 heteroatoms. The van der Waals surface area contributed by atoms with E-state index in [1.54, 1.807) is 19.9 Å². The standard InChI is InChI=1S/C11H16FNO/c1-7(2)9-5-6-10(12)13(8(3)4)11(9)14/h5-8H,1-4H3. The molecule has 1 aromatic heterocycles. The minimum atomic E-state index is -0.464. The van der Waals surface area contributed by atoms with Crippen molar-refractivity contribution in [1.82, 2.24) is 4.57 Å². The molecule has 0 atom stereocenters. The number of hydrogen-bond acceptors (Lipinski definition) is 1. The van der Waals surface area contributed by atoms with Crippen LogP contribution in [0, 0.1) is 5.95 Å². The molecule has 0 saturated carbocycles. The maximum Gasteiger partial charge on any atom is 0.256 e. The van der Waals surface area contributed by atoms with Crippen molar-refractivity contribution in [2.75, 3.05) is 0 Å². The Bertz CT molecular complexity index is 379. The third kappa shape index (κ3) is 1.86. The van der Waals surface area contributed by atoms with Gasteiger partial charge in [-0.25, -0.2) is 0 Å². The minimum absolute atomic E-state index is 0.132. The van der Waals surface area contributed by atoms with E-state index in [9.17, 15) is 9.18 Å². The van der Waals surface area contributed by atoms with Crippen LogP contribution in [0.5, 0.6) is 0 Å². The van der Waals surface area contributed by atoms with Gasteiger partial charge in [-0.05, 0) is 31.9 Å². The average molecular weight is 197 g/mol. The Morgan fingerprint density at radius 1 is 1.21 bits per heavy atom. The van der Waals surface area contributed by atoms with Gasteiger partial charge in [0.15, 0.2) is 5.95 Å². The Morgan fingerprint density at radius 3 is 2.21 bits per heavy atom. The molecule has 1 rings (SSSR count). The Hall–Kier alpha value is -1.12. The average Bonchev–Trinajstić information content (AvgIpc) is 2.02. The van der Waals surface area contributed by atoms with Gasteiger partial charge in [0.1, 0.15) is 0 Å². The third-order valence-corrected chi connectivity index (χ3v) is 2.23. The number of halogens is 1. The van der Waals surface area contributed by atoms with E-state index >= 15 is 0 Å². The summed E-state index contributed by atoms with van der Waals surface area (Å²) < 4.78 is 14.5. The number of rotatable bonds is 2. The quantitative estimate of drug-likeness (QED) is 0.668. The zero-order valence-corrected chi connectivity index (χ0v) is 9.04. The molecule has 0 aliphatic heterocycles. The molecule has 0 radical (unpaired) electrons. The van der Waals surface area contributed by atoms with Crippen molar-refractivity contribution >= 4 is 0 Å². The number of nitrogens with zero attached hydrogens (tertiary/aromatic N) is 1. The predicted octanol–water partition coefficient (Wildman–Crippen LogP) is 2.69. The van der Waals surface area contributed by atoms with Gasteiger partial charge in [-0.1, -0.05) is 13.8 Å². The normalized spacial score (nSPS) is 11.4. The molecule has 0 bridgehead atoms. The van der Waals surface area contributed by atoms with Crippen molar-refractivity contribution in [2.24, 2.45) is 0 Å². The predicted molar refractivity (Wildman–Crippen MR) is 55.1 cm³/mol. The van der Waals surface area contributed by atoms with Crippen LogP contribution in [0.15, 0.2) is 16.9 Å². The fourth-order valence-corrected chi connectivity index (χ4v) is 1.47. The van der Waals surface area contributed by atoms with Crippen LogP contribution in [0.3, 0.4) is 0 Å². The lowest BCUT2D eigenvalue weighted by atomic mass is 10.1. The van der Waals surface area contributed by atoms with Gasteiger partial charge in [-0.3, -0.25) is 9.36 Å². The molecule has 1 heterocycles. The Balaban J connectivity index is 3.42. The van der Waals surface area contributed by atoms with Gasteiger partial charge >= 0.3 is 0 Å². The van der Waals surface area contributed by atoms with E-state index in [1.807, 2.05) is 13.8 Å². The van der Waals surface area contributed by atoms with Crippen LogP contribution in [0.4, 0.5) is 4.39 Å². The van der Waals surface area contributed by atoms with Gasteiger partial charge in [0.05, 0.1) is 0 Å². The topological polar surface area (TPSA) is 22.0 Å². The van der Waals surface area contributed by atoms with Crippen LogP contribution in [-0.4, -0.2) is 4.57 Å². The van der Waals surface area contributed by atoms with Crippen LogP contribution in [-0.2, 0) is 0 Å². The molecular weight excluding hydrogens is 181 g/mol. The number of aromatic nitrogens is 1. The Morgan fingerprint density at radius 2 is 1.79 bits per heavy atom. The van der Waals surface area contributed by atoms with E-state index in [2.05, 4.69) is 0 Å². The molecule has 0 N–H and O–H groups in total. The SMILES string of the molecule is CC(C)c1ccc(F)n(C(C)C)c1=O. The zero-order chi connectivity index (χ0) is 10.9. The van der Waals surface area contributed by atoms with Crippen molar-refractivity contribution in [1.29, 1.82) is 0 Å². The van der Waals surface area contributed by atoms with E-state index < -0.39 is 5.95 Å². The first-order valence-corrected chi connectivity index (χ1v) is 4.86. The molecule has 0 unspecified atom stereocenters. The molecule has 14 heavy (non-hydrogen) atoms. The van der Waals surface area contributed by atoms with Gasteiger partial charge < -0.3 is 0 Å². The van der Waals surface area contributed by atoms with Crippen molar-refractivity contribution in [2.45, 2.75) is 39.7 Å². The zero-order valence-electron chi connectivity index (χ0n) is 9.04.